The molecule has 5 nitrogen and oxygen atoms in total. The maximum Gasteiger partial charge on any atom is 0.244 e. The molecule has 1 aliphatic heterocycles. The lowest BCUT2D eigenvalue weighted by Gasteiger charge is -2.21. The Bertz CT molecular complexity index is 693. The molecule has 6 heteroatoms. The number of nitrogens with zero attached hydrogens (tertiary/aromatic N) is 3. The summed E-state index contributed by atoms with van der Waals surface area (Å²) >= 11 is 0. The number of halogens is 1. The summed E-state index contributed by atoms with van der Waals surface area (Å²) in [4.78, 5) is 6.97. The molecule has 2 fully saturated rings. The Kier molecular flexibility index (Phi) is 4.10. The molecule has 1 unspecified atom stereocenters. The molecule has 2 aromatic rings. The van der Waals surface area contributed by atoms with E-state index in [1.54, 1.807) is 0 Å². The van der Waals surface area contributed by atoms with Crippen molar-refractivity contribution in [3.05, 3.63) is 47.4 Å². The second-order valence-electron chi connectivity index (χ2n) is 7.07. The molecule has 1 saturated heterocycles. The van der Waals surface area contributed by atoms with Crippen LogP contribution in [-0.4, -0.2) is 21.6 Å². The van der Waals surface area contributed by atoms with Gasteiger partial charge in [-0.05, 0) is 49.9 Å². The maximum atomic E-state index is 13.1. The van der Waals surface area contributed by atoms with Crippen LogP contribution in [0.5, 0.6) is 0 Å². The summed E-state index contributed by atoms with van der Waals surface area (Å²) < 4.78 is 18.6. The first kappa shape index (κ1) is 15.7. The van der Waals surface area contributed by atoms with Gasteiger partial charge in [0.2, 0.25) is 5.89 Å². The number of likely N-dealkylation sites (tertiary alicyclic amines) is 1. The minimum atomic E-state index is -0.415. The first-order valence-electron chi connectivity index (χ1n) is 8.75. The minimum Gasteiger partial charge on any atom is -0.338 e. The van der Waals surface area contributed by atoms with Crippen molar-refractivity contribution in [2.75, 3.05) is 6.54 Å². The molecule has 0 amide bonds. The molecule has 2 N–H and O–H groups in total. The van der Waals surface area contributed by atoms with Gasteiger partial charge in [-0.25, -0.2) is 4.39 Å². The van der Waals surface area contributed by atoms with Gasteiger partial charge in [0.1, 0.15) is 5.82 Å². The first-order chi connectivity index (χ1) is 11.6. The average molecular weight is 330 g/mol. The van der Waals surface area contributed by atoms with Gasteiger partial charge in [0.05, 0.1) is 11.6 Å². The van der Waals surface area contributed by atoms with Crippen LogP contribution in [0.4, 0.5) is 4.39 Å². The summed E-state index contributed by atoms with van der Waals surface area (Å²) in [6.45, 7) is 1.74. The van der Waals surface area contributed by atoms with Crippen molar-refractivity contribution >= 4 is 0 Å². The van der Waals surface area contributed by atoms with E-state index in [1.165, 1.54) is 12.1 Å². The van der Waals surface area contributed by atoms with Gasteiger partial charge in [-0.1, -0.05) is 30.1 Å². The smallest absolute Gasteiger partial charge is 0.244 e. The van der Waals surface area contributed by atoms with Crippen LogP contribution in [0.1, 0.15) is 61.8 Å². The number of hydrogen-bond acceptors (Lipinski definition) is 5. The van der Waals surface area contributed by atoms with Crippen molar-refractivity contribution in [1.29, 1.82) is 0 Å². The van der Waals surface area contributed by atoms with E-state index in [4.69, 9.17) is 10.3 Å². The van der Waals surface area contributed by atoms with E-state index >= 15 is 0 Å². The average Bonchev–Trinajstić information content (AvgIpc) is 3.30. The molecule has 2 heterocycles. The predicted octanol–water partition coefficient (Wildman–Crippen LogP) is 3.27. The molecule has 2 aliphatic rings. The van der Waals surface area contributed by atoms with E-state index in [9.17, 15) is 4.39 Å². The largest absolute Gasteiger partial charge is 0.338 e. The van der Waals surface area contributed by atoms with Gasteiger partial charge in [-0.15, -0.1) is 0 Å². The van der Waals surface area contributed by atoms with Crippen LogP contribution in [0.2, 0.25) is 0 Å². The number of rotatable bonds is 4. The molecule has 0 bridgehead atoms. The Morgan fingerprint density at radius 2 is 1.96 bits per heavy atom. The lowest BCUT2D eigenvalue weighted by Crippen LogP contribution is -2.34. The molecule has 1 aromatic carbocycles. The maximum absolute atomic E-state index is 13.1. The Morgan fingerprint density at radius 3 is 2.71 bits per heavy atom. The van der Waals surface area contributed by atoms with Crippen molar-refractivity contribution in [2.45, 2.75) is 56.7 Å². The van der Waals surface area contributed by atoms with Crippen LogP contribution in [0.3, 0.4) is 0 Å². The van der Waals surface area contributed by atoms with E-state index in [0.717, 1.165) is 57.2 Å². The first-order valence-corrected chi connectivity index (χ1v) is 8.75. The van der Waals surface area contributed by atoms with Gasteiger partial charge in [0.15, 0.2) is 5.82 Å². The van der Waals surface area contributed by atoms with Gasteiger partial charge < -0.3 is 10.3 Å². The fourth-order valence-corrected chi connectivity index (χ4v) is 3.92. The van der Waals surface area contributed by atoms with Crippen molar-refractivity contribution in [3.63, 3.8) is 0 Å². The van der Waals surface area contributed by atoms with E-state index < -0.39 is 5.54 Å². The van der Waals surface area contributed by atoms with Gasteiger partial charge in [0, 0.05) is 6.54 Å². The normalized spacial score (nSPS) is 23.8. The SMILES string of the molecule is NC1(c2noc(C3CCCN3Cc3ccc(F)cc3)n2)CCCC1. The zero-order valence-electron chi connectivity index (χ0n) is 13.7. The number of nitrogens with two attached hydrogens (primary N) is 1. The van der Waals surface area contributed by atoms with Gasteiger partial charge in [-0.3, -0.25) is 4.90 Å². The quantitative estimate of drug-likeness (QED) is 0.932. The van der Waals surface area contributed by atoms with Gasteiger partial charge >= 0.3 is 0 Å². The molecule has 24 heavy (non-hydrogen) atoms. The zero-order chi connectivity index (χ0) is 16.6. The molecule has 0 spiro atoms. The topological polar surface area (TPSA) is 68.2 Å². The summed E-state index contributed by atoms with van der Waals surface area (Å²) in [5, 5.41) is 4.18. The highest BCUT2D eigenvalue weighted by Crippen LogP contribution is 2.37. The van der Waals surface area contributed by atoms with E-state index in [1.807, 2.05) is 12.1 Å². The molecule has 0 radical (unpaired) electrons. The zero-order valence-corrected chi connectivity index (χ0v) is 13.7. The van der Waals surface area contributed by atoms with Crippen molar-refractivity contribution < 1.29 is 8.91 Å². The summed E-state index contributed by atoms with van der Waals surface area (Å²) in [7, 11) is 0. The van der Waals surface area contributed by atoms with E-state index in [-0.39, 0.29) is 11.9 Å². The van der Waals surface area contributed by atoms with Crippen molar-refractivity contribution in [1.82, 2.24) is 15.0 Å². The third kappa shape index (κ3) is 2.96. The fraction of sp³-hybridized carbons (Fsp3) is 0.556. The summed E-state index contributed by atoms with van der Waals surface area (Å²) in [6, 6.07) is 6.79. The molecule has 1 aromatic heterocycles. The van der Waals surface area contributed by atoms with Crippen LogP contribution in [0.15, 0.2) is 28.8 Å². The lowest BCUT2D eigenvalue weighted by atomic mass is 9.98. The van der Waals surface area contributed by atoms with Crippen LogP contribution in [-0.2, 0) is 12.1 Å². The monoisotopic (exact) mass is 330 g/mol. The molecular formula is C18H23FN4O. The highest BCUT2D eigenvalue weighted by Gasteiger charge is 2.38. The molecule has 128 valence electrons. The fourth-order valence-electron chi connectivity index (χ4n) is 3.92. The molecule has 4 rings (SSSR count). The second-order valence-corrected chi connectivity index (χ2v) is 7.07. The van der Waals surface area contributed by atoms with Crippen molar-refractivity contribution in [3.8, 4) is 0 Å². The Hall–Kier alpha value is -1.79. The second kappa shape index (κ2) is 6.26. The van der Waals surface area contributed by atoms with Crippen LogP contribution >= 0.6 is 0 Å². The summed E-state index contributed by atoms with van der Waals surface area (Å²) in [5.41, 5.74) is 7.11. The van der Waals surface area contributed by atoms with Crippen molar-refractivity contribution in [2.24, 2.45) is 5.73 Å². The van der Waals surface area contributed by atoms with Crippen LogP contribution in [0, 0.1) is 5.82 Å². The standard InChI is InChI=1S/C18H23FN4O/c19-14-7-5-13(6-8-14)12-23-11-3-4-15(23)16-21-17(22-24-16)18(20)9-1-2-10-18/h5-8,15H,1-4,9-12,20H2. The number of benzene rings is 1. The molecular weight excluding hydrogens is 307 g/mol. The molecule has 1 saturated carbocycles. The lowest BCUT2D eigenvalue weighted by molar-refractivity contribution is 0.200. The third-order valence-electron chi connectivity index (χ3n) is 5.33. The minimum absolute atomic E-state index is 0.126. The third-order valence-corrected chi connectivity index (χ3v) is 5.33. The predicted molar refractivity (Wildman–Crippen MR) is 87.4 cm³/mol. The highest BCUT2D eigenvalue weighted by molar-refractivity contribution is 5.17. The number of hydrogen-bond donors (Lipinski definition) is 1. The Balaban J connectivity index is 1.50. The number of aromatic nitrogens is 2. The van der Waals surface area contributed by atoms with Crippen LogP contribution in [0.25, 0.3) is 0 Å². The van der Waals surface area contributed by atoms with E-state index in [0.29, 0.717) is 11.7 Å². The summed E-state index contributed by atoms with van der Waals surface area (Å²) in [6.07, 6.45) is 6.20. The van der Waals surface area contributed by atoms with E-state index in [2.05, 4.69) is 15.0 Å². The van der Waals surface area contributed by atoms with Gasteiger partial charge in [0.25, 0.3) is 0 Å². The Morgan fingerprint density at radius 1 is 1.21 bits per heavy atom. The molecule has 1 aliphatic carbocycles. The highest BCUT2D eigenvalue weighted by atomic mass is 19.1. The van der Waals surface area contributed by atoms with Crippen LogP contribution < -0.4 is 5.73 Å². The summed E-state index contributed by atoms with van der Waals surface area (Å²) in [5.74, 6) is 1.12. The Labute approximate surface area is 141 Å². The van der Waals surface area contributed by atoms with Gasteiger partial charge in [-0.2, -0.15) is 4.98 Å². The molecule has 1 atom stereocenters.